The van der Waals surface area contributed by atoms with Crippen LogP contribution >= 0.6 is 12.6 Å². The Kier molecular flexibility index (Phi) is 6.32. The van der Waals surface area contributed by atoms with Crippen molar-refractivity contribution in [1.82, 2.24) is 9.80 Å². The summed E-state index contributed by atoms with van der Waals surface area (Å²) in [5.74, 6) is 1.82. The van der Waals surface area contributed by atoms with Gasteiger partial charge in [-0.2, -0.15) is 12.6 Å². The lowest BCUT2D eigenvalue weighted by atomic mass is 10.0. The van der Waals surface area contributed by atoms with E-state index in [1.807, 2.05) is 0 Å². The van der Waals surface area contributed by atoms with Gasteiger partial charge in [-0.3, -0.25) is 4.90 Å². The maximum absolute atomic E-state index is 4.48. The lowest BCUT2D eigenvalue weighted by molar-refractivity contribution is 0.0562. The molecule has 1 saturated heterocycles. The molecule has 1 atom stereocenters. The largest absolute Gasteiger partial charge is 0.300 e. The van der Waals surface area contributed by atoms with E-state index < -0.39 is 0 Å². The second-order valence-corrected chi connectivity index (χ2v) is 6.66. The van der Waals surface area contributed by atoms with Gasteiger partial charge < -0.3 is 4.90 Å². The van der Waals surface area contributed by atoms with Gasteiger partial charge in [0.05, 0.1) is 0 Å². The summed E-state index contributed by atoms with van der Waals surface area (Å²) in [6.45, 7) is 15.4. The summed E-state index contributed by atoms with van der Waals surface area (Å²) in [4.78, 5) is 5.22. The highest BCUT2D eigenvalue weighted by molar-refractivity contribution is 7.80. The summed E-state index contributed by atoms with van der Waals surface area (Å²) in [6, 6.07) is 0. The molecule has 0 N–H and O–H groups in total. The van der Waals surface area contributed by atoms with Gasteiger partial charge >= 0.3 is 0 Å². The van der Waals surface area contributed by atoms with Gasteiger partial charge in [0.1, 0.15) is 0 Å². The Labute approximate surface area is 113 Å². The average molecular weight is 258 g/mol. The second-order valence-electron chi connectivity index (χ2n) is 6.30. The highest BCUT2D eigenvalue weighted by Crippen LogP contribution is 2.17. The van der Waals surface area contributed by atoms with Gasteiger partial charge in [-0.05, 0) is 38.9 Å². The number of rotatable bonds is 5. The minimum atomic E-state index is 0.332. The van der Waals surface area contributed by atoms with Gasteiger partial charge in [-0.1, -0.05) is 13.3 Å². The van der Waals surface area contributed by atoms with Crippen LogP contribution in [0.4, 0.5) is 0 Å². The van der Waals surface area contributed by atoms with Gasteiger partial charge in [0.25, 0.3) is 0 Å². The second kappa shape index (κ2) is 7.01. The summed E-state index contributed by atoms with van der Waals surface area (Å²) < 4.78 is 0. The first kappa shape index (κ1) is 15.3. The molecule has 0 aromatic carbocycles. The highest BCUT2D eigenvalue weighted by Gasteiger charge is 2.26. The van der Waals surface area contributed by atoms with Crippen LogP contribution in [-0.4, -0.2) is 53.8 Å². The van der Waals surface area contributed by atoms with Crippen molar-refractivity contribution in [2.24, 2.45) is 5.92 Å². The molecule has 0 aromatic heterocycles. The zero-order valence-corrected chi connectivity index (χ0v) is 13.0. The Morgan fingerprint density at radius 3 is 2.12 bits per heavy atom. The van der Waals surface area contributed by atoms with E-state index in [0.717, 1.165) is 11.7 Å². The van der Waals surface area contributed by atoms with Crippen LogP contribution in [0.5, 0.6) is 0 Å². The molecular weight excluding hydrogens is 228 g/mol. The fourth-order valence-corrected chi connectivity index (χ4v) is 2.91. The number of piperazine rings is 1. The summed E-state index contributed by atoms with van der Waals surface area (Å²) in [5.41, 5.74) is 0.332. The fraction of sp³-hybridized carbons (Fsp3) is 1.00. The van der Waals surface area contributed by atoms with Crippen LogP contribution in [0.3, 0.4) is 0 Å². The number of hydrogen-bond acceptors (Lipinski definition) is 3. The molecule has 1 fully saturated rings. The summed E-state index contributed by atoms with van der Waals surface area (Å²) in [6.07, 6.45) is 2.61. The third kappa shape index (κ3) is 5.19. The average Bonchev–Trinajstić information content (AvgIpc) is 2.28. The van der Waals surface area contributed by atoms with E-state index in [4.69, 9.17) is 0 Å². The van der Waals surface area contributed by atoms with Crippen LogP contribution in [0.1, 0.15) is 40.5 Å². The molecule has 0 amide bonds. The van der Waals surface area contributed by atoms with Crippen molar-refractivity contribution in [3.63, 3.8) is 0 Å². The topological polar surface area (TPSA) is 6.48 Å². The molecule has 3 heteroatoms. The van der Waals surface area contributed by atoms with Crippen molar-refractivity contribution in [2.75, 3.05) is 38.5 Å². The van der Waals surface area contributed by atoms with Crippen molar-refractivity contribution < 1.29 is 0 Å². The zero-order chi connectivity index (χ0) is 12.9. The lowest BCUT2D eigenvalue weighted by Crippen LogP contribution is -2.54. The SMILES string of the molecule is CCCC(CS)CN1CCN(C(C)(C)C)CC1. The van der Waals surface area contributed by atoms with Gasteiger partial charge in [0.15, 0.2) is 0 Å². The van der Waals surface area contributed by atoms with Crippen LogP contribution in [0, 0.1) is 5.92 Å². The van der Waals surface area contributed by atoms with Crippen molar-refractivity contribution in [2.45, 2.75) is 46.1 Å². The van der Waals surface area contributed by atoms with Crippen molar-refractivity contribution >= 4 is 12.6 Å². The molecule has 1 aliphatic heterocycles. The molecule has 0 radical (unpaired) electrons. The van der Waals surface area contributed by atoms with Gasteiger partial charge in [0, 0.05) is 38.3 Å². The molecule has 2 nitrogen and oxygen atoms in total. The first-order valence-corrected chi connectivity index (χ1v) is 7.69. The van der Waals surface area contributed by atoms with Gasteiger partial charge in [-0.25, -0.2) is 0 Å². The molecule has 1 heterocycles. The molecule has 0 bridgehead atoms. The van der Waals surface area contributed by atoms with Crippen LogP contribution in [0.15, 0.2) is 0 Å². The number of thiol groups is 1. The van der Waals surface area contributed by atoms with Gasteiger partial charge in [-0.15, -0.1) is 0 Å². The van der Waals surface area contributed by atoms with E-state index >= 15 is 0 Å². The fourth-order valence-electron chi connectivity index (χ4n) is 2.61. The maximum Gasteiger partial charge on any atom is 0.0126 e. The quantitative estimate of drug-likeness (QED) is 0.758. The third-order valence-corrected chi connectivity index (χ3v) is 4.31. The molecule has 0 saturated carbocycles. The van der Waals surface area contributed by atoms with E-state index in [0.29, 0.717) is 5.54 Å². The number of hydrogen-bond donors (Lipinski definition) is 1. The van der Waals surface area contributed by atoms with Crippen molar-refractivity contribution in [1.29, 1.82) is 0 Å². The van der Waals surface area contributed by atoms with E-state index in [2.05, 4.69) is 50.1 Å². The molecule has 0 aliphatic carbocycles. The minimum absolute atomic E-state index is 0.332. The predicted octanol–water partition coefficient (Wildman–Crippen LogP) is 2.75. The van der Waals surface area contributed by atoms with E-state index in [1.165, 1.54) is 45.6 Å². The summed E-state index contributed by atoms with van der Waals surface area (Å²) >= 11 is 4.48. The normalized spacial score (nSPS) is 21.7. The molecule has 0 aromatic rings. The molecule has 0 spiro atoms. The molecule has 1 rings (SSSR count). The van der Waals surface area contributed by atoms with E-state index in [9.17, 15) is 0 Å². The monoisotopic (exact) mass is 258 g/mol. The summed E-state index contributed by atoms with van der Waals surface area (Å²) in [7, 11) is 0. The first-order chi connectivity index (χ1) is 7.97. The molecule has 102 valence electrons. The summed E-state index contributed by atoms with van der Waals surface area (Å²) in [5, 5.41) is 0. The Balaban J connectivity index is 2.31. The Morgan fingerprint density at radius 1 is 1.12 bits per heavy atom. The predicted molar refractivity (Wildman–Crippen MR) is 80.0 cm³/mol. The van der Waals surface area contributed by atoms with Crippen molar-refractivity contribution in [3.8, 4) is 0 Å². The minimum Gasteiger partial charge on any atom is -0.300 e. The molecule has 1 aliphatic rings. The zero-order valence-electron chi connectivity index (χ0n) is 12.1. The molecule has 17 heavy (non-hydrogen) atoms. The van der Waals surface area contributed by atoms with Crippen LogP contribution in [0.25, 0.3) is 0 Å². The van der Waals surface area contributed by atoms with E-state index in [1.54, 1.807) is 0 Å². The molecular formula is C14H30N2S. The highest BCUT2D eigenvalue weighted by atomic mass is 32.1. The first-order valence-electron chi connectivity index (χ1n) is 7.05. The molecule has 1 unspecified atom stereocenters. The van der Waals surface area contributed by atoms with Crippen LogP contribution in [-0.2, 0) is 0 Å². The third-order valence-electron chi connectivity index (χ3n) is 3.79. The maximum atomic E-state index is 4.48. The number of nitrogens with zero attached hydrogens (tertiary/aromatic N) is 2. The Hall–Kier alpha value is 0.270. The van der Waals surface area contributed by atoms with Crippen LogP contribution in [0.2, 0.25) is 0 Å². The standard InChI is InChI=1S/C14H30N2S/c1-5-6-13(12-17)11-15-7-9-16(10-8-15)14(2,3)4/h13,17H,5-12H2,1-4H3. The smallest absolute Gasteiger partial charge is 0.0126 e. The van der Waals surface area contributed by atoms with Crippen LogP contribution < -0.4 is 0 Å². The lowest BCUT2D eigenvalue weighted by Gasteiger charge is -2.43. The van der Waals surface area contributed by atoms with E-state index in [-0.39, 0.29) is 0 Å². The van der Waals surface area contributed by atoms with Gasteiger partial charge in [0.2, 0.25) is 0 Å². The van der Waals surface area contributed by atoms with Crippen molar-refractivity contribution in [3.05, 3.63) is 0 Å². The Morgan fingerprint density at radius 2 is 1.71 bits per heavy atom. The Bertz CT molecular complexity index is 205.